The molecule has 0 aliphatic heterocycles. The second-order valence-electron chi connectivity index (χ2n) is 3.18. The predicted molar refractivity (Wildman–Crippen MR) is 56.9 cm³/mol. The maximum Gasteiger partial charge on any atom is 0.147 e. The molecular weight excluding hydrogens is 178 g/mol. The van der Waals surface area contributed by atoms with Crippen LogP contribution in [0.15, 0.2) is 18.2 Å². The Balaban J connectivity index is 2.79. The number of nitrogens with one attached hydrogen (secondary N) is 1. The summed E-state index contributed by atoms with van der Waals surface area (Å²) in [5.74, 6) is 1.67. The van der Waals surface area contributed by atoms with E-state index in [9.17, 15) is 0 Å². The molecule has 0 amide bonds. The molecular formula is C11H17NO2. The van der Waals surface area contributed by atoms with Gasteiger partial charge in [-0.2, -0.15) is 0 Å². The number of hydrogen-bond acceptors (Lipinski definition) is 3. The molecule has 1 N–H and O–H groups in total. The van der Waals surface area contributed by atoms with Crippen LogP contribution in [0.5, 0.6) is 11.5 Å². The summed E-state index contributed by atoms with van der Waals surface area (Å²) >= 11 is 0. The van der Waals surface area contributed by atoms with Crippen molar-refractivity contribution >= 4 is 0 Å². The summed E-state index contributed by atoms with van der Waals surface area (Å²) < 4.78 is 10.8. The first-order chi connectivity index (χ1) is 6.67. The molecule has 0 saturated heterocycles. The molecule has 78 valence electrons. The lowest BCUT2D eigenvalue weighted by molar-refractivity contribution is 0.193. The first kappa shape index (κ1) is 10.9. The van der Waals surface area contributed by atoms with Crippen LogP contribution in [0.25, 0.3) is 0 Å². The lowest BCUT2D eigenvalue weighted by Crippen LogP contribution is -2.27. The fourth-order valence-corrected chi connectivity index (χ4v) is 1.14. The van der Waals surface area contributed by atoms with Gasteiger partial charge in [0.15, 0.2) is 0 Å². The van der Waals surface area contributed by atoms with Gasteiger partial charge in [0.25, 0.3) is 0 Å². The number of hydrogen-bond donors (Lipinski definition) is 1. The van der Waals surface area contributed by atoms with E-state index >= 15 is 0 Å². The molecule has 0 aliphatic carbocycles. The van der Waals surface area contributed by atoms with Crippen molar-refractivity contribution in [2.45, 2.75) is 20.1 Å². The maximum atomic E-state index is 5.57. The summed E-state index contributed by atoms with van der Waals surface area (Å²) in [6.07, 6.45) is 0.00223. The SMILES string of the molecule is CNC(C)Oc1ccc(C)c(OC)c1. The number of rotatable bonds is 4. The largest absolute Gasteiger partial charge is 0.496 e. The Morgan fingerprint density at radius 1 is 1.36 bits per heavy atom. The van der Waals surface area contributed by atoms with E-state index in [0.29, 0.717) is 0 Å². The minimum absolute atomic E-state index is 0.00223. The van der Waals surface area contributed by atoms with Crippen molar-refractivity contribution in [3.63, 3.8) is 0 Å². The van der Waals surface area contributed by atoms with Crippen molar-refractivity contribution in [3.8, 4) is 11.5 Å². The summed E-state index contributed by atoms with van der Waals surface area (Å²) in [5, 5.41) is 3.00. The van der Waals surface area contributed by atoms with Crippen LogP contribution in [-0.4, -0.2) is 20.4 Å². The van der Waals surface area contributed by atoms with Crippen molar-refractivity contribution < 1.29 is 9.47 Å². The van der Waals surface area contributed by atoms with Crippen LogP contribution in [0.4, 0.5) is 0 Å². The molecule has 1 aromatic carbocycles. The Morgan fingerprint density at radius 2 is 2.07 bits per heavy atom. The summed E-state index contributed by atoms with van der Waals surface area (Å²) in [4.78, 5) is 0. The smallest absolute Gasteiger partial charge is 0.147 e. The molecule has 0 heterocycles. The van der Waals surface area contributed by atoms with Crippen molar-refractivity contribution in [1.29, 1.82) is 0 Å². The third-order valence-electron chi connectivity index (χ3n) is 2.10. The highest BCUT2D eigenvalue weighted by Crippen LogP contribution is 2.24. The molecule has 0 saturated carbocycles. The summed E-state index contributed by atoms with van der Waals surface area (Å²) in [6.45, 7) is 3.95. The van der Waals surface area contributed by atoms with Crippen molar-refractivity contribution in [3.05, 3.63) is 23.8 Å². The van der Waals surface area contributed by atoms with Crippen molar-refractivity contribution in [2.24, 2.45) is 0 Å². The molecule has 14 heavy (non-hydrogen) atoms. The van der Waals surface area contributed by atoms with Gasteiger partial charge in [-0.15, -0.1) is 0 Å². The fraction of sp³-hybridized carbons (Fsp3) is 0.455. The maximum absolute atomic E-state index is 5.57. The van der Waals surface area contributed by atoms with Crippen LogP contribution in [0.3, 0.4) is 0 Å². The van der Waals surface area contributed by atoms with Gasteiger partial charge in [0, 0.05) is 6.07 Å². The van der Waals surface area contributed by atoms with E-state index in [1.54, 1.807) is 7.11 Å². The number of aryl methyl sites for hydroxylation is 1. The normalized spacial score (nSPS) is 12.3. The average molecular weight is 195 g/mol. The standard InChI is InChI=1S/C11H17NO2/c1-8-5-6-10(7-11(8)13-4)14-9(2)12-3/h5-7,9,12H,1-4H3. The second kappa shape index (κ2) is 4.86. The molecule has 3 heteroatoms. The van der Waals surface area contributed by atoms with E-state index in [1.165, 1.54) is 0 Å². The van der Waals surface area contributed by atoms with E-state index in [-0.39, 0.29) is 6.23 Å². The zero-order valence-corrected chi connectivity index (χ0v) is 9.13. The zero-order valence-electron chi connectivity index (χ0n) is 9.13. The predicted octanol–water partition coefficient (Wildman–Crippen LogP) is 1.95. The molecule has 0 bridgehead atoms. The first-order valence-corrected chi connectivity index (χ1v) is 4.66. The highest BCUT2D eigenvalue weighted by molar-refractivity contribution is 5.39. The van der Waals surface area contributed by atoms with Crippen LogP contribution < -0.4 is 14.8 Å². The van der Waals surface area contributed by atoms with Gasteiger partial charge < -0.3 is 9.47 Å². The topological polar surface area (TPSA) is 30.5 Å². The van der Waals surface area contributed by atoms with Gasteiger partial charge in [0.05, 0.1) is 7.11 Å². The Kier molecular flexibility index (Phi) is 3.77. The molecule has 1 aromatic rings. The summed E-state index contributed by atoms with van der Waals surface area (Å²) in [7, 11) is 3.52. The zero-order chi connectivity index (χ0) is 10.6. The average Bonchev–Trinajstić information content (AvgIpc) is 2.20. The number of benzene rings is 1. The van der Waals surface area contributed by atoms with Crippen LogP contribution in [-0.2, 0) is 0 Å². The van der Waals surface area contributed by atoms with Gasteiger partial charge in [-0.1, -0.05) is 6.07 Å². The van der Waals surface area contributed by atoms with Gasteiger partial charge in [0.1, 0.15) is 17.7 Å². The third kappa shape index (κ3) is 2.64. The van der Waals surface area contributed by atoms with Gasteiger partial charge in [-0.3, -0.25) is 5.32 Å². The summed E-state index contributed by atoms with van der Waals surface area (Å²) in [6, 6.07) is 5.81. The molecule has 1 rings (SSSR count). The van der Waals surface area contributed by atoms with Crippen LogP contribution >= 0.6 is 0 Å². The van der Waals surface area contributed by atoms with Gasteiger partial charge >= 0.3 is 0 Å². The fourth-order valence-electron chi connectivity index (χ4n) is 1.14. The summed E-state index contributed by atoms with van der Waals surface area (Å²) in [5.41, 5.74) is 1.11. The van der Waals surface area contributed by atoms with Gasteiger partial charge in [-0.05, 0) is 32.5 Å². The number of ether oxygens (including phenoxy) is 2. The molecule has 1 atom stereocenters. The first-order valence-electron chi connectivity index (χ1n) is 4.66. The van der Waals surface area contributed by atoms with Crippen molar-refractivity contribution in [2.75, 3.05) is 14.2 Å². The molecule has 1 unspecified atom stereocenters. The molecule has 0 fully saturated rings. The van der Waals surface area contributed by atoms with E-state index in [2.05, 4.69) is 5.32 Å². The molecule has 0 aromatic heterocycles. The highest BCUT2D eigenvalue weighted by atomic mass is 16.5. The van der Waals surface area contributed by atoms with Crippen LogP contribution in [0.1, 0.15) is 12.5 Å². The second-order valence-corrected chi connectivity index (χ2v) is 3.18. The minimum Gasteiger partial charge on any atom is -0.496 e. The lowest BCUT2D eigenvalue weighted by atomic mass is 10.2. The highest BCUT2D eigenvalue weighted by Gasteiger charge is 2.03. The van der Waals surface area contributed by atoms with E-state index in [0.717, 1.165) is 17.1 Å². The van der Waals surface area contributed by atoms with Gasteiger partial charge in [-0.25, -0.2) is 0 Å². The monoisotopic (exact) mass is 195 g/mol. The molecule has 0 spiro atoms. The Labute approximate surface area is 85.0 Å². The molecule has 0 aliphatic rings. The Hall–Kier alpha value is -1.22. The molecule has 3 nitrogen and oxygen atoms in total. The lowest BCUT2D eigenvalue weighted by Gasteiger charge is -2.14. The van der Waals surface area contributed by atoms with Gasteiger partial charge in [0.2, 0.25) is 0 Å². The third-order valence-corrected chi connectivity index (χ3v) is 2.10. The van der Waals surface area contributed by atoms with Crippen LogP contribution in [0.2, 0.25) is 0 Å². The van der Waals surface area contributed by atoms with E-state index in [4.69, 9.17) is 9.47 Å². The number of methoxy groups -OCH3 is 1. The van der Waals surface area contributed by atoms with E-state index in [1.807, 2.05) is 39.1 Å². The Morgan fingerprint density at radius 3 is 2.64 bits per heavy atom. The van der Waals surface area contributed by atoms with Crippen LogP contribution in [0, 0.1) is 6.92 Å². The van der Waals surface area contributed by atoms with E-state index < -0.39 is 0 Å². The molecule has 0 radical (unpaired) electrons. The quantitative estimate of drug-likeness (QED) is 0.745. The Bertz CT molecular complexity index is 299. The minimum atomic E-state index is 0.00223. The van der Waals surface area contributed by atoms with Crippen molar-refractivity contribution in [1.82, 2.24) is 5.32 Å².